The van der Waals surface area contributed by atoms with E-state index in [1.165, 1.54) is 0 Å². The fraction of sp³-hybridized carbons (Fsp3) is 0.211. The van der Waals surface area contributed by atoms with Gasteiger partial charge in [-0.05, 0) is 36.8 Å². The van der Waals surface area contributed by atoms with Crippen molar-refractivity contribution >= 4 is 5.91 Å². The Labute approximate surface area is 145 Å². The van der Waals surface area contributed by atoms with E-state index in [2.05, 4.69) is 15.5 Å². The summed E-state index contributed by atoms with van der Waals surface area (Å²) in [4.78, 5) is 16.0. The molecule has 3 rings (SSSR count). The average Bonchev–Trinajstić information content (AvgIpc) is 3.05. The fourth-order valence-corrected chi connectivity index (χ4v) is 2.29. The van der Waals surface area contributed by atoms with Crippen molar-refractivity contribution in [2.24, 2.45) is 0 Å². The zero-order valence-electron chi connectivity index (χ0n) is 13.9. The van der Waals surface area contributed by atoms with Crippen molar-refractivity contribution in [1.29, 1.82) is 0 Å². The lowest BCUT2D eigenvalue weighted by atomic mass is 10.2. The quantitative estimate of drug-likeness (QED) is 0.715. The molecule has 1 N–H and O–H groups in total. The molecule has 0 fully saturated rings. The summed E-state index contributed by atoms with van der Waals surface area (Å²) >= 11 is 0. The number of nitrogens with zero attached hydrogens (tertiary/aromatic N) is 2. The van der Waals surface area contributed by atoms with Gasteiger partial charge in [-0.3, -0.25) is 4.79 Å². The second kappa shape index (κ2) is 8.10. The van der Waals surface area contributed by atoms with Gasteiger partial charge in [0.2, 0.25) is 11.8 Å². The van der Waals surface area contributed by atoms with Crippen molar-refractivity contribution < 1.29 is 14.1 Å². The first kappa shape index (κ1) is 16.7. The van der Waals surface area contributed by atoms with Gasteiger partial charge in [-0.15, -0.1) is 0 Å². The first-order valence-electron chi connectivity index (χ1n) is 8.07. The first-order valence-corrected chi connectivity index (χ1v) is 8.07. The van der Waals surface area contributed by atoms with Gasteiger partial charge in [0.1, 0.15) is 11.5 Å². The van der Waals surface area contributed by atoms with Crippen molar-refractivity contribution in [3.8, 4) is 11.5 Å². The zero-order chi connectivity index (χ0) is 17.5. The Morgan fingerprint density at radius 1 is 1.12 bits per heavy atom. The summed E-state index contributed by atoms with van der Waals surface area (Å²) in [6.07, 6.45) is 0.742. The molecule has 0 radical (unpaired) electrons. The Bertz CT molecular complexity index is 831. The van der Waals surface area contributed by atoms with E-state index in [4.69, 9.17) is 9.26 Å². The van der Waals surface area contributed by atoms with E-state index in [0.29, 0.717) is 31.1 Å². The van der Waals surface area contributed by atoms with Crippen LogP contribution in [0.4, 0.5) is 0 Å². The molecule has 1 aromatic heterocycles. The number of carbonyl (C=O) groups is 1. The molecule has 6 nitrogen and oxygen atoms in total. The van der Waals surface area contributed by atoms with Crippen LogP contribution in [-0.4, -0.2) is 16.0 Å². The van der Waals surface area contributed by atoms with Gasteiger partial charge in [0.05, 0.1) is 0 Å². The minimum atomic E-state index is -0.0646. The molecule has 0 aliphatic rings. The summed E-state index contributed by atoms with van der Waals surface area (Å²) in [6, 6.07) is 17.2. The topological polar surface area (TPSA) is 77.2 Å². The monoisotopic (exact) mass is 337 g/mol. The Hall–Kier alpha value is -3.15. The number of aromatic nitrogens is 2. The Morgan fingerprint density at radius 2 is 1.92 bits per heavy atom. The predicted molar refractivity (Wildman–Crippen MR) is 92.2 cm³/mol. The third-order valence-electron chi connectivity index (χ3n) is 3.50. The summed E-state index contributed by atoms with van der Waals surface area (Å²) in [5.41, 5.74) is 0.968. The minimum Gasteiger partial charge on any atom is -0.457 e. The van der Waals surface area contributed by atoms with Gasteiger partial charge in [-0.25, -0.2) is 0 Å². The van der Waals surface area contributed by atoms with Crippen LogP contribution in [-0.2, 0) is 17.8 Å². The van der Waals surface area contributed by atoms with Gasteiger partial charge in [0, 0.05) is 19.4 Å². The highest BCUT2D eigenvalue weighted by atomic mass is 16.5. The van der Waals surface area contributed by atoms with Gasteiger partial charge in [-0.2, -0.15) is 4.98 Å². The van der Waals surface area contributed by atoms with Crippen LogP contribution in [0.1, 0.15) is 23.7 Å². The number of para-hydroxylation sites is 1. The molecule has 0 aliphatic carbocycles. The van der Waals surface area contributed by atoms with Crippen molar-refractivity contribution in [3.05, 3.63) is 71.9 Å². The number of amides is 1. The second-order valence-corrected chi connectivity index (χ2v) is 5.57. The summed E-state index contributed by atoms with van der Waals surface area (Å²) in [7, 11) is 0. The summed E-state index contributed by atoms with van der Waals surface area (Å²) in [6.45, 7) is 2.19. The smallest absolute Gasteiger partial charge is 0.227 e. The lowest BCUT2D eigenvalue weighted by Crippen LogP contribution is -2.23. The predicted octanol–water partition coefficient (Wildman–Crippen LogP) is 3.42. The summed E-state index contributed by atoms with van der Waals surface area (Å²) < 4.78 is 10.8. The number of ether oxygens (including phenoxy) is 1. The Morgan fingerprint density at radius 3 is 2.68 bits per heavy atom. The molecular formula is C19H19N3O3. The standard InChI is InChI=1S/C19H19N3O3/c1-14-21-19(25-22-14)11-10-18(23)20-13-15-6-5-9-17(12-15)24-16-7-3-2-4-8-16/h2-9,12H,10-11,13H2,1H3,(H,20,23). The third kappa shape index (κ3) is 5.17. The molecule has 2 aromatic carbocycles. The minimum absolute atomic E-state index is 0.0646. The Kier molecular flexibility index (Phi) is 5.41. The molecule has 0 spiro atoms. The number of benzene rings is 2. The van der Waals surface area contributed by atoms with E-state index in [9.17, 15) is 4.79 Å². The van der Waals surface area contributed by atoms with Gasteiger partial charge in [0.15, 0.2) is 5.82 Å². The van der Waals surface area contributed by atoms with Gasteiger partial charge < -0.3 is 14.6 Å². The highest BCUT2D eigenvalue weighted by Gasteiger charge is 2.07. The van der Waals surface area contributed by atoms with Crippen LogP contribution in [0.3, 0.4) is 0 Å². The molecule has 25 heavy (non-hydrogen) atoms. The molecule has 3 aromatic rings. The molecule has 0 unspecified atom stereocenters. The molecule has 0 saturated heterocycles. The third-order valence-corrected chi connectivity index (χ3v) is 3.50. The van der Waals surface area contributed by atoms with Crippen LogP contribution in [0.5, 0.6) is 11.5 Å². The van der Waals surface area contributed by atoms with E-state index in [1.54, 1.807) is 6.92 Å². The Balaban J connectivity index is 1.49. The van der Waals surface area contributed by atoms with Crippen LogP contribution < -0.4 is 10.1 Å². The van der Waals surface area contributed by atoms with E-state index in [1.807, 2.05) is 54.6 Å². The maximum Gasteiger partial charge on any atom is 0.227 e. The van der Waals surface area contributed by atoms with Gasteiger partial charge >= 0.3 is 0 Å². The first-order chi connectivity index (χ1) is 12.2. The van der Waals surface area contributed by atoms with Gasteiger partial charge in [0.25, 0.3) is 0 Å². The number of aryl methyl sites for hydroxylation is 2. The molecule has 128 valence electrons. The van der Waals surface area contributed by atoms with Crippen LogP contribution >= 0.6 is 0 Å². The highest BCUT2D eigenvalue weighted by molar-refractivity contribution is 5.76. The maximum absolute atomic E-state index is 11.9. The molecule has 1 amide bonds. The second-order valence-electron chi connectivity index (χ2n) is 5.57. The number of hydrogen-bond acceptors (Lipinski definition) is 5. The van der Waals surface area contributed by atoms with E-state index >= 15 is 0 Å². The average molecular weight is 337 g/mol. The molecule has 6 heteroatoms. The summed E-state index contributed by atoms with van der Waals surface area (Å²) in [5.74, 6) is 2.50. The van der Waals surface area contributed by atoms with E-state index in [0.717, 1.165) is 17.1 Å². The normalized spacial score (nSPS) is 10.4. The SMILES string of the molecule is Cc1noc(CCC(=O)NCc2cccc(Oc3ccccc3)c2)n1. The fourth-order valence-electron chi connectivity index (χ4n) is 2.29. The van der Waals surface area contributed by atoms with Crippen LogP contribution in [0, 0.1) is 6.92 Å². The highest BCUT2D eigenvalue weighted by Crippen LogP contribution is 2.21. The zero-order valence-corrected chi connectivity index (χ0v) is 13.9. The van der Waals surface area contributed by atoms with Crippen molar-refractivity contribution in [1.82, 2.24) is 15.5 Å². The molecule has 0 atom stereocenters. The molecule has 0 saturated carbocycles. The van der Waals surface area contributed by atoms with Crippen molar-refractivity contribution in [3.63, 3.8) is 0 Å². The van der Waals surface area contributed by atoms with Crippen molar-refractivity contribution in [2.45, 2.75) is 26.3 Å². The van der Waals surface area contributed by atoms with E-state index in [-0.39, 0.29) is 5.91 Å². The number of carbonyl (C=O) groups excluding carboxylic acids is 1. The maximum atomic E-state index is 11.9. The van der Waals surface area contributed by atoms with Gasteiger partial charge in [-0.1, -0.05) is 35.5 Å². The molecule has 0 aliphatic heterocycles. The lowest BCUT2D eigenvalue weighted by molar-refractivity contribution is -0.121. The largest absolute Gasteiger partial charge is 0.457 e. The molecular weight excluding hydrogens is 318 g/mol. The van der Waals surface area contributed by atoms with E-state index < -0.39 is 0 Å². The van der Waals surface area contributed by atoms with Crippen LogP contribution in [0.25, 0.3) is 0 Å². The van der Waals surface area contributed by atoms with Crippen molar-refractivity contribution in [2.75, 3.05) is 0 Å². The number of nitrogens with one attached hydrogen (secondary N) is 1. The number of hydrogen-bond donors (Lipinski definition) is 1. The number of rotatable bonds is 7. The van der Waals surface area contributed by atoms with Crippen LogP contribution in [0.2, 0.25) is 0 Å². The molecule has 1 heterocycles. The lowest BCUT2D eigenvalue weighted by Gasteiger charge is -2.08. The summed E-state index contributed by atoms with van der Waals surface area (Å²) in [5, 5.41) is 6.58. The molecule has 0 bridgehead atoms. The van der Waals surface area contributed by atoms with Crippen LogP contribution in [0.15, 0.2) is 59.1 Å².